The third-order valence-electron chi connectivity index (χ3n) is 6.05. The van der Waals surface area contributed by atoms with Crippen molar-refractivity contribution in [1.82, 2.24) is 0 Å². The normalized spacial score (nSPS) is 20.6. The Morgan fingerprint density at radius 2 is 1.74 bits per heavy atom. The van der Waals surface area contributed by atoms with Gasteiger partial charge in [-0.3, -0.25) is 9.59 Å². The largest absolute Gasteiger partial charge is 0.493 e. The Morgan fingerprint density at radius 3 is 2.26 bits per heavy atom. The minimum Gasteiger partial charge on any atom is -0.493 e. The summed E-state index contributed by atoms with van der Waals surface area (Å²) in [5, 5.41) is 36.0. The summed E-state index contributed by atoms with van der Waals surface area (Å²) >= 11 is 0. The Balaban J connectivity index is 0.000000352. The molecule has 0 aliphatic carbocycles. The Hall–Kier alpha value is -3.22. The van der Waals surface area contributed by atoms with E-state index >= 15 is 0 Å². The van der Waals surface area contributed by atoms with Gasteiger partial charge in [-0.25, -0.2) is 0 Å². The number of carboxylic acid groups (broad SMARTS) is 1. The minimum atomic E-state index is -1.03. The molecule has 210 valence electrons. The number of carbonyl (C=O) groups is 2. The molecule has 1 aliphatic heterocycles. The van der Waals surface area contributed by atoms with E-state index in [4.69, 9.17) is 33.9 Å². The first-order valence-electron chi connectivity index (χ1n) is 12.0. The molecule has 0 amide bonds. The number of ether oxygens (including phenoxy) is 5. The molecule has 1 saturated heterocycles. The van der Waals surface area contributed by atoms with Gasteiger partial charge in [0.2, 0.25) is 5.75 Å². The van der Waals surface area contributed by atoms with Gasteiger partial charge in [-0.15, -0.1) is 0 Å². The lowest BCUT2D eigenvalue weighted by atomic mass is 10.0. The first kappa shape index (κ1) is 31.0. The molecule has 1 heterocycles. The molecule has 4 N–H and O–H groups in total. The number of aliphatic hydroxyl groups excluding tert-OH is 3. The number of carbonyl (C=O) groups excluding carboxylic acids is 1. The molecule has 0 bridgehead atoms. The third-order valence-corrected chi connectivity index (χ3v) is 6.05. The van der Waals surface area contributed by atoms with E-state index in [1.54, 1.807) is 13.0 Å². The number of hydrogen-bond acceptors (Lipinski definition) is 10. The molecule has 38 heavy (non-hydrogen) atoms. The van der Waals surface area contributed by atoms with Gasteiger partial charge in [0.25, 0.3) is 0 Å². The molecule has 1 aliphatic rings. The highest BCUT2D eigenvalue weighted by atomic mass is 16.7. The van der Waals surface area contributed by atoms with Crippen LogP contribution < -0.4 is 14.2 Å². The number of benzene rings is 2. The van der Waals surface area contributed by atoms with Gasteiger partial charge in [0.1, 0.15) is 18.8 Å². The van der Waals surface area contributed by atoms with Crippen LogP contribution in [0.15, 0.2) is 30.3 Å². The molecular weight excluding hydrogens is 500 g/mol. The fraction of sp³-hybridized carbons (Fsp3) is 0.481. The lowest BCUT2D eigenvalue weighted by Crippen LogP contribution is -2.50. The van der Waals surface area contributed by atoms with Gasteiger partial charge in [0.05, 0.1) is 26.9 Å². The predicted molar refractivity (Wildman–Crippen MR) is 136 cm³/mol. The number of methoxy groups -OCH3 is 3. The first-order chi connectivity index (χ1) is 18.2. The fourth-order valence-corrected chi connectivity index (χ4v) is 3.81. The van der Waals surface area contributed by atoms with Gasteiger partial charge in [0.15, 0.2) is 24.1 Å². The van der Waals surface area contributed by atoms with Crippen LogP contribution in [0.2, 0.25) is 0 Å². The van der Waals surface area contributed by atoms with Crippen molar-refractivity contribution >= 4 is 12.3 Å². The molecule has 0 saturated carbocycles. The zero-order chi connectivity index (χ0) is 28.2. The van der Waals surface area contributed by atoms with Crippen molar-refractivity contribution in [2.24, 2.45) is 0 Å². The van der Waals surface area contributed by atoms with Crippen molar-refractivity contribution in [3.8, 4) is 17.2 Å². The van der Waals surface area contributed by atoms with Gasteiger partial charge in [-0.2, -0.15) is 0 Å². The molecular formula is C27H36O11. The van der Waals surface area contributed by atoms with Crippen molar-refractivity contribution in [2.75, 3.05) is 27.9 Å². The van der Waals surface area contributed by atoms with E-state index in [9.17, 15) is 19.8 Å². The maximum absolute atomic E-state index is 11.2. The number of hydrogen-bond donors (Lipinski definition) is 4. The summed E-state index contributed by atoms with van der Waals surface area (Å²) in [6, 6.07) is 9.18. The van der Waals surface area contributed by atoms with E-state index in [0.29, 0.717) is 34.8 Å². The van der Waals surface area contributed by atoms with E-state index in [0.717, 1.165) is 17.4 Å². The van der Waals surface area contributed by atoms with Crippen molar-refractivity contribution in [3.63, 3.8) is 0 Å². The molecule has 11 nitrogen and oxygen atoms in total. The zero-order valence-electron chi connectivity index (χ0n) is 22.0. The second-order valence-electron chi connectivity index (χ2n) is 8.59. The Morgan fingerprint density at radius 1 is 1.08 bits per heavy atom. The van der Waals surface area contributed by atoms with Gasteiger partial charge in [-0.1, -0.05) is 24.3 Å². The molecule has 2 aromatic rings. The fourth-order valence-electron chi connectivity index (χ4n) is 3.81. The summed E-state index contributed by atoms with van der Waals surface area (Å²) in [6.07, 6.45) is -1.63. The number of aliphatic carboxylic acids is 1. The molecule has 0 aromatic heterocycles. The van der Waals surface area contributed by atoms with Gasteiger partial charge in [0, 0.05) is 31.1 Å². The molecule has 0 radical (unpaired) electrons. The maximum Gasteiger partial charge on any atom is 0.303 e. The van der Waals surface area contributed by atoms with Gasteiger partial charge < -0.3 is 44.1 Å². The van der Waals surface area contributed by atoms with E-state index in [2.05, 4.69) is 0 Å². The molecule has 2 aromatic carbocycles. The summed E-state index contributed by atoms with van der Waals surface area (Å²) in [6.45, 7) is 1.75. The van der Waals surface area contributed by atoms with E-state index in [1.807, 2.05) is 24.3 Å². The summed E-state index contributed by atoms with van der Waals surface area (Å²) in [7, 11) is 4.47. The lowest BCUT2D eigenvalue weighted by Gasteiger charge is -2.35. The van der Waals surface area contributed by atoms with Crippen LogP contribution in [0.1, 0.15) is 39.9 Å². The summed E-state index contributed by atoms with van der Waals surface area (Å²) in [5.74, 6) is 0.510. The van der Waals surface area contributed by atoms with Crippen LogP contribution in [0.4, 0.5) is 0 Å². The number of aliphatic hydroxyl groups is 3. The highest BCUT2D eigenvalue weighted by Crippen LogP contribution is 2.41. The van der Waals surface area contributed by atoms with Crippen molar-refractivity contribution in [1.29, 1.82) is 0 Å². The number of aldehydes is 1. The van der Waals surface area contributed by atoms with Crippen LogP contribution in [-0.4, -0.2) is 85.2 Å². The van der Waals surface area contributed by atoms with E-state index in [-0.39, 0.29) is 26.1 Å². The SMILES string of the molecule is CO[C@@H]1C[C@@H](O)[C@H](O)[C@@H](CO)O1.COc1cc(C=O)c(C)c(OC)c1OCc1ccc(CCC(=O)O)cc1. The standard InChI is InChI=1S/C20H22O6.C7H14O5/c1-13-16(11-21)10-17(24-2)20(19(13)25-3)26-12-15-6-4-14(5-7-15)8-9-18(22)23;1-11-6-2-4(9)7(10)5(3-8)12-6/h4-7,10-11H,8-9,12H2,1-3H3,(H,22,23);4-10H,2-3H2,1H3/t;4-,5-,6+,7+/m.1/s1. The number of rotatable bonds is 11. The third kappa shape index (κ3) is 8.40. The van der Waals surface area contributed by atoms with E-state index < -0.39 is 30.6 Å². The van der Waals surface area contributed by atoms with Crippen molar-refractivity contribution in [2.45, 2.75) is 57.4 Å². The first-order valence-corrected chi connectivity index (χ1v) is 12.0. The molecule has 11 heteroatoms. The zero-order valence-corrected chi connectivity index (χ0v) is 22.0. The van der Waals surface area contributed by atoms with Crippen LogP contribution in [0, 0.1) is 6.92 Å². The summed E-state index contributed by atoms with van der Waals surface area (Å²) in [5.41, 5.74) is 3.04. The second-order valence-corrected chi connectivity index (χ2v) is 8.59. The average Bonchev–Trinajstić information content (AvgIpc) is 2.93. The molecule has 3 rings (SSSR count). The molecule has 1 fully saturated rings. The predicted octanol–water partition coefficient (Wildman–Crippen LogP) is 1.88. The molecule has 0 unspecified atom stereocenters. The smallest absolute Gasteiger partial charge is 0.303 e. The number of aryl methyl sites for hydroxylation is 1. The molecule has 0 spiro atoms. The van der Waals surface area contributed by atoms with E-state index in [1.165, 1.54) is 21.3 Å². The summed E-state index contributed by atoms with van der Waals surface area (Å²) in [4.78, 5) is 21.8. The minimum absolute atomic E-state index is 0.104. The highest BCUT2D eigenvalue weighted by molar-refractivity contribution is 5.81. The Labute approximate surface area is 221 Å². The summed E-state index contributed by atoms with van der Waals surface area (Å²) < 4.78 is 26.5. The van der Waals surface area contributed by atoms with Gasteiger partial charge >= 0.3 is 5.97 Å². The van der Waals surface area contributed by atoms with Gasteiger partial charge in [-0.05, 0) is 30.5 Å². The monoisotopic (exact) mass is 536 g/mol. The van der Waals surface area contributed by atoms with Crippen LogP contribution in [0.5, 0.6) is 17.2 Å². The maximum atomic E-state index is 11.2. The van der Waals surface area contributed by atoms with Crippen LogP contribution in [0.3, 0.4) is 0 Å². The second kappa shape index (κ2) is 15.3. The highest BCUT2D eigenvalue weighted by Gasteiger charge is 2.36. The van der Waals surface area contributed by atoms with Crippen LogP contribution in [-0.2, 0) is 27.3 Å². The van der Waals surface area contributed by atoms with Crippen molar-refractivity contribution < 1.29 is 53.7 Å². The Kier molecular flexibility index (Phi) is 12.4. The number of carboxylic acids is 1. The lowest BCUT2D eigenvalue weighted by molar-refractivity contribution is -0.248. The average molecular weight is 537 g/mol. The quantitative estimate of drug-likeness (QED) is 0.310. The molecule has 4 atom stereocenters. The topological polar surface area (TPSA) is 161 Å². The Bertz CT molecular complexity index is 1040. The van der Waals surface area contributed by atoms with Crippen LogP contribution in [0.25, 0.3) is 0 Å². The van der Waals surface area contributed by atoms with Crippen molar-refractivity contribution in [3.05, 3.63) is 52.6 Å². The van der Waals surface area contributed by atoms with Crippen LogP contribution >= 0.6 is 0 Å².